The monoisotopic (exact) mass is 373 g/mol. The van der Waals surface area contributed by atoms with E-state index >= 15 is 0 Å². The zero-order valence-corrected chi connectivity index (χ0v) is 16.4. The summed E-state index contributed by atoms with van der Waals surface area (Å²) in [6, 6.07) is 8.51. The molecule has 0 spiro atoms. The third kappa shape index (κ3) is 3.20. The van der Waals surface area contributed by atoms with Crippen molar-refractivity contribution in [1.82, 2.24) is 4.90 Å². The standard InChI is InChI=1S/C22H31NO4/c1-16-3-5-17(6-4-16)21(9-10-21)20(25)23-12-11-22(26-2)8-7-18(15-19(22)23)27-14-13-24/h3-6,18-19,24H,7-15H2,1-2H3/t18-,19-,22+/m0/s1. The quantitative estimate of drug-likeness (QED) is 0.833. The van der Waals surface area contributed by atoms with Crippen LogP contribution in [0.1, 0.15) is 49.7 Å². The average Bonchev–Trinajstić information content (AvgIpc) is 3.41. The van der Waals surface area contributed by atoms with Gasteiger partial charge in [0.2, 0.25) is 5.91 Å². The molecule has 1 aromatic rings. The largest absolute Gasteiger partial charge is 0.394 e. The van der Waals surface area contributed by atoms with Crippen molar-refractivity contribution >= 4 is 5.91 Å². The molecule has 0 bridgehead atoms. The third-order valence-corrected chi connectivity index (χ3v) is 7.01. The first-order valence-corrected chi connectivity index (χ1v) is 10.2. The van der Waals surface area contributed by atoms with E-state index in [1.165, 1.54) is 5.56 Å². The van der Waals surface area contributed by atoms with Crippen LogP contribution in [0.4, 0.5) is 0 Å². The van der Waals surface area contributed by atoms with Crippen LogP contribution in [-0.4, -0.2) is 60.5 Å². The lowest BCUT2D eigenvalue weighted by Gasteiger charge is -2.44. The molecular weight excluding hydrogens is 342 g/mol. The van der Waals surface area contributed by atoms with Gasteiger partial charge >= 0.3 is 0 Å². The van der Waals surface area contributed by atoms with Gasteiger partial charge in [0.1, 0.15) is 0 Å². The van der Waals surface area contributed by atoms with E-state index in [9.17, 15) is 4.79 Å². The highest BCUT2D eigenvalue weighted by molar-refractivity contribution is 5.92. The van der Waals surface area contributed by atoms with Gasteiger partial charge in [0.05, 0.1) is 36.4 Å². The van der Waals surface area contributed by atoms with E-state index in [0.717, 1.165) is 50.6 Å². The Morgan fingerprint density at radius 3 is 2.59 bits per heavy atom. The lowest BCUT2D eigenvalue weighted by molar-refractivity contribution is -0.144. The lowest BCUT2D eigenvalue weighted by Crippen LogP contribution is -2.54. The summed E-state index contributed by atoms with van der Waals surface area (Å²) < 4.78 is 11.8. The summed E-state index contributed by atoms with van der Waals surface area (Å²) in [5.41, 5.74) is 1.80. The molecule has 0 unspecified atom stereocenters. The number of carbonyl (C=O) groups is 1. The molecule has 3 atom stereocenters. The number of likely N-dealkylation sites (tertiary alicyclic amines) is 1. The molecule has 0 radical (unpaired) electrons. The van der Waals surface area contributed by atoms with Gasteiger partial charge in [-0.1, -0.05) is 29.8 Å². The zero-order chi connectivity index (χ0) is 19.1. The number of hydrogen-bond donors (Lipinski definition) is 1. The average molecular weight is 373 g/mol. The van der Waals surface area contributed by atoms with Gasteiger partial charge in [-0.2, -0.15) is 0 Å². The number of aliphatic hydroxyl groups excluding tert-OH is 1. The van der Waals surface area contributed by atoms with Crippen LogP contribution in [0.5, 0.6) is 0 Å². The van der Waals surface area contributed by atoms with Crippen molar-refractivity contribution in [2.24, 2.45) is 0 Å². The molecule has 27 heavy (non-hydrogen) atoms. The molecule has 1 N–H and O–H groups in total. The van der Waals surface area contributed by atoms with Gasteiger partial charge in [0, 0.05) is 13.7 Å². The maximum atomic E-state index is 13.6. The van der Waals surface area contributed by atoms with Crippen molar-refractivity contribution in [1.29, 1.82) is 0 Å². The molecule has 3 aliphatic rings. The maximum Gasteiger partial charge on any atom is 0.233 e. The number of benzene rings is 1. The summed E-state index contributed by atoms with van der Waals surface area (Å²) >= 11 is 0. The number of methoxy groups -OCH3 is 1. The fourth-order valence-electron chi connectivity index (χ4n) is 5.17. The summed E-state index contributed by atoms with van der Waals surface area (Å²) in [5, 5.41) is 9.07. The number of rotatable bonds is 6. The number of aliphatic hydroxyl groups is 1. The van der Waals surface area contributed by atoms with Gasteiger partial charge in [-0.05, 0) is 51.0 Å². The molecule has 5 nitrogen and oxygen atoms in total. The fraction of sp³-hybridized carbons (Fsp3) is 0.682. The highest BCUT2D eigenvalue weighted by Crippen LogP contribution is 2.52. The predicted octanol–water partition coefficient (Wildman–Crippen LogP) is 2.57. The number of hydrogen-bond acceptors (Lipinski definition) is 4. The summed E-state index contributed by atoms with van der Waals surface area (Å²) in [6.45, 7) is 3.24. The van der Waals surface area contributed by atoms with Gasteiger partial charge in [-0.3, -0.25) is 4.79 Å². The van der Waals surface area contributed by atoms with Crippen molar-refractivity contribution < 1.29 is 19.4 Å². The minimum absolute atomic E-state index is 0.0375. The van der Waals surface area contributed by atoms with Gasteiger partial charge in [0.15, 0.2) is 0 Å². The Hall–Kier alpha value is -1.43. The highest BCUT2D eigenvalue weighted by atomic mass is 16.5. The molecule has 1 amide bonds. The first-order chi connectivity index (χ1) is 13.0. The highest BCUT2D eigenvalue weighted by Gasteiger charge is 2.59. The van der Waals surface area contributed by atoms with Crippen molar-refractivity contribution in [2.45, 2.75) is 68.6 Å². The van der Waals surface area contributed by atoms with E-state index in [4.69, 9.17) is 14.6 Å². The Balaban J connectivity index is 1.55. The van der Waals surface area contributed by atoms with Crippen LogP contribution in [0.2, 0.25) is 0 Å². The van der Waals surface area contributed by atoms with Gasteiger partial charge < -0.3 is 19.5 Å². The van der Waals surface area contributed by atoms with E-state index in [0.29, 0.717) is 6.61 Å². The van der Waals surface area contributed by atoms with Crippen LogP contribution in [0, 0.1) is 6.92 Å². The van der Waals surface area contributed by atoms with E-state index in [1.54, 1.807) is 7.11 Å². The number of ether oxygens (including phenoxy) is 2. The lowest BCUT2D eigenvalue weighted by atomic mass is 9.78. The molecule has 3 fully saturated rings. The predicted molar refractivity (Wildman–Crippen MR) is 103 cm³/mol. The topological polar surface area (TPSA) is 59.0 Å². The number of aryl methyl sites for hydroxylation is 1. The molecule has 0 aromatic heterocycles. The molecule has 5 heteroatoms. The molecule has 1 aliphatic heterocycles. The van der Waals surface area contributed by atoms with E-state index in [-0.39, 0.29) is 35.7 Å². The molecule has 2 aliphatic carbocycles. The Morgan fingerprint density at radius 2 is 1.96 bits per heavy atom. The Kier molecular flexibility index (Phi) is 5.04. The van der Waals surface area contributed by atoms with Gasteiger partial charge in [-0.25, -0.2) is 0 Å². The van der Waals surface area contributed by atoms with E-state index in [1.807, 2.05) is 0 Å². The molecule has 4 rings (SSSR count). The van der Waals surface area contributed by atoms with Crippen LogP contribution >= 0.6 is 0 Å². The van der Waals surface area contributed by atoms with Crippen LogP contribution in [0.25, 0.3) is 0 Å². The molecule has 148 valence electrons. The van der Waals surface area contributed by atoms with Crippen molar-refractivity contribution in [2.75, 3.05) is 26.9 Å². The summed E-state index contributed by atoms with van der Waals surface area (Å²) in [4.78, 5) is 15.7. The molecule has 1 aromatic carbocycles. The minimum Gasteiger partial charge on any atom is -0.394 e. The second-order valence-corrected chi connectivity index (χ2v) is 8.47. The normalized spacial score (nSPS) is 31.6. The number of carbonyl (C=O) groups excluding carboxylic acids is 1. The smallest absolute Gasteiger partial charge is 0.233 e. The number of nitrogens with zero attached hydrogens (tertiary/aromatic N) is 1. The minimum atomic E-state index is -0.337. The maximum absolute atomic E-state index is 13.6. The van der Waals surface area contributed by atoms with E-state index in [2.05, 4.69) is 36.1 Å². The van der Waals surface area contributed by atoms with Crippen LogP contribution in [0.15, 0.2) is 24.3 Å². The molecule has 1 saturated heterocycles. The second kappa shape index (κ2) is 7.19. The zero-order valence-electron chi connectivity index (χ0n) is 16.4. The fourth-order valence-corrected chi connectivity index (χ4v) is 5.17. The van der Waals surface area contributed by atoms with Crippen molar-refractivity contribution in [3.8, 4) is 0 Å². The molecular formula is C22H31NO4. The third-order valence-electron chi connectivity index (χ3n) is 7.01. The summed E-state index contributed by atoms with van der Waals surface area (Å²) in [7, 11) is 1.78. The van der Waals surface area contributed by atoms with Crippen molar-refractivity contribution in [3.05, 3.63) is 35.4 Å². The summed E-state index contributed by atoms with van der Waals surface area (Å²) in [6.07, 6.45) is 5.49. The SMILES string of the molecule is CO[C@@]12CC[C@H](OCCO)C[C@@H]1N(C(=O)C1(c3ccc(C)cc3)CC1)CC2. The molecule has 2 saturated carbocycles. The van der Waals surface area contributed by atoms with Gasteiger partial charge in [-0.15, -0.1) is 0 Å². The second-order valence-electron chi connectivity index (χ2n) is 8.47. The number of amides is 1. The van der Waals surface area contributed by atoms with Gasteiger partial charge in [0.25, 0.3) is 0 Å². The van der Waals surface area contributed by atoms with E-state index < -0.39 is 0 Å². The van der Waals surface area contributed by atoms with Crippen LogP contribution in [-0.2, 0) is 19.7 Å². The van der Waals surface area contributed by atoms with Crippen molar-refractivity contribution in [3.63, 3.8) is 0 Å². The number of fused-ring (bicyclic) bond motifs is 1. The Bertz CT molecular complexity index is 684. The Labute approximate surface area is 161 Å². The Morgan fingerprint density at radius 1 is 1.22 bits per heavy atom. The molecule has 1 heterocycles. The summed E-state index contributed by atoms with van der Waals surface area (Å²) in [5.74, 6) is 0.262. The van der Waals surface area contributed by atoms with Crippen LogP contribution < -0.4 is 0 Å². The first kappa shape index (κ1) is 18.9. The van der Waals surface area contributed by atoms with Crippen LogP contribution in [0.3, 0.4) is 0 Å². The first-order valence-electron chi connectivity index (χ1n) is 10.2.